The lowest BCUT2D eigenvalue weighted by Crippen LogP contribution is -2.30. The molecule has 0 aliphatic rings. The van der Waals surface area contributed by atoms with Crippen molar-refractivity contribution in [1.29, 1.82) is 0 Å². The number of esters is 1. The maximum Gasteiger partial charge on any atom is 0.308 e. The van der Waals surface area contributed by atoms with Gasteiger partial charge in [0.2, 0.25) is 0 Å². The number of rotatable bonds is 9. The molecule has 7 heteroatoms. The minimum atomic E-state index is -0.554. The van der Waals surface area contributed by atoms with Crippen molar-refractivity contribution in [3.8, 4) is 5.75 Å². The van der Waals surface area contributed by atoms with E-state index in [1.54, 1.807) is 19.2 Å². The highest BCUT2D eigenvalue weighted by molar-refractivity contribution is 5.95. The molecule has 28 heavy (non-hydrogen) atoms. The lowest BCUT2D eigenvalue weighted by molar-refractivity contribution is -0.148. The summed E-state index contributed by atoms with van der Waals surface area (Å²) in [7, 11) is 1.57. The fourth-order valence-electron chi connectivity index (χ4n) is 2.45. The fraction of sp³-hybridized carbons (Fsp3) is 0.286. The smallest absolute Gasteiger partial charge is 0.308 e. The van der Waals surface area contributed by atoms with Gasteiger partial charge in [0.1, 0.15) is 5.75 Å². The molecule has 0 aliphatic heterocycles. The molecule has 0 aromatic heterocycles. The molecule has 0 aliphatic carbocycles. The summed E-state index contributed by atoms with van der Waals surface area (Å²) in [6.45, 7) is 1.92. The van der Waals surface area contributed by atoms with Crippen LogP contribution in [0, 0.1) is 6.92 Å². The SMILES string of the molecule is COc1cccc(CNC(=O)COC(=O)CCNC(=O)c2ccccc2C)c1. The zero-order valence-electron chi connectivity index (χ0n) is 16.0. The van der Waals surface area contributed by atoms with Crippen LogP contribution in [0.4, 0.5) is 0 Å². The van der Waals surface area contributed by atoms with Crippen LogP contribution in [-0.4, -0.2) is 38.0 Å². The van der Waals surface area contributed by atoms with Gasteiger partial charge < -0.3 is 20.1 Å². The van der Waals surface area contributed by atoms with Crippen molar-refractivity contribution in [2.75, 3.05) is 20.3 Å². The molecule has 7 nitrogen and oxygen atoms in total. The standard InChI is InChI=1S/C21H24N2O5/c1-15-6-3-4-9-18(15)21(26)22-11-10-20(25)28-14-19(24)23-13-16-7-5-8-17(12-16)27-2/h3-9,12H,10-11,13-14H2,1-2H3,(H,22,26)(H,23,24). The van der Waals surface area contributed by atoms with Gasteiger partial charge in [-0.2, -0.15) is 0 Å². The van der Waals surface area contributed by atoms with Crippen molar-refractivity contribution in [2.24, 2.45) is 0 Å². The Morgan fingerprint density at radius 2 is 1.79 bits per heavy atom. The first kappa shape index (κ1) is 21.0. The molecule has 0 atom stereocenters. The van der Waals surface area contributed by atoms with Gasteiger partial charge in [0.05, 0.1) is 13.5 Å². The molecule has 0 bridgehead atoms. The van der Waals surface area contributed by atoms with Crippen molar-refractivity contribution in [1.82, 2.24) is 10.6 Å². The van der Waals surface area contributed by atoms with E-state index in [0.717, 1.165) is 11.1 Å². The van der Waals surface area contributed by atoms with Gasteiger partial charge in [0.25, 0.3) is 11.8 Å². The van der Waals surface area contributed by atoms with Crippen LogP contribution in [0.1, 0.15) is 27.9 Å². The zero-order chi connectivity index (χ0) is 20.4. The van der Waals surface area contributed by atoms with Gasteiger partial charge in [-0.05, 0) is 36.2 Å². The van der Waals surface area contributed by atoms with Crippen molar-refractivity contribution in [2.45, 2.75) is 19.9 Å². The number of benzene rings is 2. The number of amides is 2. The molecule has 0 spiro atoms. The second-order valence-electron chi connectivity index (χ2n) is 6.11. The highest BCUT2D eigenvalue weighted by atomic mass is 16.5. The predicted octanol–water partition coefficient (Wildman–Crippen LogP) is 1.98. The van der Waals surface area contributed by atoms with Crippen LogP contribution in [0.3, 0.4) is 0 Å². The van der Waals surface area contributed by atoms with Gasteiger partial charge in [-0.25, -0.2) is 0 Å². The third-order valence-electron chi connectivity index (χ3n) is 3.99. The molecule has 2 aromatic carbocycles. The molecular weight excluding hydrogens is 360 g/mol. The second kappa shape index (κ2) is 10.7. The van der Waals surface area contributed by atoms with E-state index in [2.05, 4.69) is 10.6 Å². The summed E-state index contributed by atoms with van der Waals surface area (Å²) in [5, 5.41) is 5.33. The second-order valence-corrected chi connectivity index (χ2v) is 6.11. The molecular formula is C21H24N2O5. The zero-order valence-corrected chi connectivity index (χ0v) is 16.0. The van der Waals surface area contributed by atoms with Crippen LogP contribution in [0.5, 0.6) is 5.75 Å². The first-order chi connectivity index (χ1) is 13.5. The van der Waals surface area contributed by atoms with Crippen molar-refractivity contribution >= 4 is 17.8 Å². The molecule has 0 saturated heterocycles. The van der Waals surface area contributed by atoms with E-state index >= 15 is 0 Å². The third-order valence-corrected chi connectivity index (χ3v) is 3.99. The summed E-state index contributed by atoms with van der Waals surface area (Å²) in [6.07, 6.45) is -0.0131. The fourth-order valence-corrected chi connectivity index (χ4v) is 2.45. The Hall–Kier alpha value is -3.35. The van der Waals surface area contributed by atoms with E-state index in [4.69, 9.17) is 9.47 Å². The Bertz CT molecular complexity index is 835. The van der Waals surface area contributed by atoms with Crippen LogP contribution >= 0.6 is 0 Å². The Kier molecular flexibility index (Phi) is 8.02. The Morgan fingerprint density at radius 3 is 2.54 bits per heavy atom. The summed E-state index contributed by atoms with van der Waals surface area (Å²) in [6, 6.07) is 14.5. The minimum absolute atomic E-state index is 0.0131. The predicted molar refractivity (Wildman–Crippen MR) is 104 cm³/mol. The lowest BCUT2D eigenvalue weighted by atomic mass is 10.1. The highest BCUT2D eigenvalue weighted by Gasteiger charge is 2.10. The van der Waals surface area contributed by atoms with Crippen molar-refractivity contribution < 1.29 is 23.9 Å². The molecule has 148 valence electrons. The molecule has 0 heterocycles. The molecule has 2 rings (SSSR count). The number of ether oxygens (including phenoxy) is 2. The van der Waals surface area contributed by atoms with Gasteiger partial charge in [0, 0.05) is 18.7 Å². The number of carbonyl (C=O) groups excluding carboxylic acids is 3. The summed E-state index contributed by atoms with van der Waals surface area (Å²) in [5.74, 6) is -0.505. The van der Waals surface area contributed by atoms with Gasteiger partial charge in [0.15, 0.2) is 6.61 Å². The average Bonchev–Trinajstić information content (AvgIpc) is 2.71. The van der Waals surface area contributed by atoms with Gasteiger partial charge in [-0.15, -0.1) is 0 Å². The van der Waals surface area contributed by atoms with E-state index in [1.165, 1.54) is 0 Å². The van der Waals surface area contributed by atoms with E-state index in [1.807, 2.05) is 43.3 Å². The van der Waals surface area contributed by atoms with Crippen molar-refractivity contribution in [3.63, 3.8) is 0 Å². The quantitative estimate of drug-likeness (QED) is 0.645. The van der Waals surface area contributed by atoms with Crippen molar-refractivity contribution in [3.05, 3.63) is 65.2 Å². The average molecular weight is 384 g/mol. The Labute approximate surface area is 164 Å². The number of carbonyl (C=O) groups is 3. The summed E-state index contributed by atoms with van der Waals surface area (Å²) in [4.78, 5) is 35.6. The van der Waals surface area contributed by atoms with Crippen LogP contribution in [-0.2, 0) is 20.9 Å². The summed E-state index contributed by atoms with van der Waals surface area (Å²) >= 11 is 0. The van der Waals surface area contributed by atoms with E-state index < -0.39 is 11.9 Å². The van der Waals surface area contributed by atoms with Gasteiger partial charge in [-0.3, -0.25) is 14.4 Å². The van der Waals surface area contributed by atoms with E-state index in [0.29, 0.717) is 17.9 Å². The Morgan fingerprint density at radius 1 is 1.00 bits per heavy atom. The summed E-state index contributed by atoms with van der Waals surface area (Å²) < 4.78 is 10.0. The van der Waals surface area contributed by atoms with Crippen LogP contribution < -0.4 is 15.4 Å². The maximum atomic E-state index is 12.0. The number of hydrogen-bond acceptors (Lipinski definition) is 5. The molecule has 0 saturated carbocycles. The highest BCUT2D eigenvalue weighted by Crippen LogP contribution is 2.12. The maximum absolute atomic E-state index is 12.0. The topological polar surface area (TPSA) is 93.7 Å². The van der Waals surface area contributed by atoms with Gasteiger partial charge >= 0.3 is 5.97 Å². The molecule has 0 fully saturated rings. The van der Waals surface area contributed by atoms with Gasteiger partial charge in [-0.1, -0.05) is 30.3 Å². The molecule has 0 radical (unpaired) electrons. The number of hydrogen-bond donors (Lipinski definition) is 2. The number of aryl methyl sites for hydroxylation is 1. The molecule has 2 N–H and O–H groups in total. The normalized spacial score (nSPS) is 10.1. The van der Waals surface area contributed by atoms with Crippen LogP contribution in [0.2, 0.25) is 0 Å². The number of nitrogens with one attached hydrogen (secondary N) is 2. The lowest BCUT2D eigenvalue weighted by Gasteiger charge is -2.09. The largest absolute Gasteiger partial charge is 0.497 e. The molecule has 2 aromatic rings. The third kappa shape index (κ3) is 6.75. The Balaban J connectivity index is 1.64. The molecule has 2 amide bonds. The number of methoxy groups -OCH3 is 1. The van der Waals surface area contributed by atoms with Crippen LogP contribution in [0.25, 0.3) is 0 Å². The summed E-state index contributed by atoms with van der Waals surface area (Å²) in [5.41, 5.74) is 2.29. The van der Waals surface area contributed by atoms with E-state index in [9.17, 15) is 14.4 Å². The first-order valence-electron chi connectivity index (χ1n) is 8.88. The molecule has 0 unspecified atom stereocenters. The first-order valence-corrected chi connectivity index (χ1v) is 8.88. The minimum Gasteiger partial charge on any atom is -0.497 e. The van der Waals surface area contributed by atoms with Crippen LogP contribution in [0.15, 0.2) is 48.5 Å². The monoisotopic (exact) mass is 384 g/mol. The van der Waals surface area contributed by atoms with E-state index in [-0.39, 0.29) is 25.5 Å².